The standard InChI is InChI=1S/C14H17NO3S/c1-18-9-4-2-8-3-5-12-13(10(8)6-9)15-11(7-19-12)14(16)17/h2,4,6,11-13,15H,3,5,7H2,1H3,(H,16,17). The summed E-state index contributed by atoms with van der Waals surface area (Å²) in [5, 5.41) is 12.9. The second-order valence-electron chi connectivity index (χ2n) is 5.01. The first-order valence-electron chi connectivity index (χ1n) is 6.46. The van der Waals surface area contributed by atoms with Crippen molar-refractivity contribution in [3.63, 3.8) is 0 Å². The van der Waals surface area contributed by atoms with Gasteiger partial charge in [0, 0.05) is 17.0 Å². The molecule has 0 saturated carbocycles. The predicted molar refractivity (Wildman–Crippen MR) is 74.9 cm³/mol. The fraction of sp³-hybridized carbons (Fsp3) is 0.500. The van der Waals surface area contributed by atoms with Crippen LogP contribution in [0.5, 0.6) is 5.75 Å². The van der Waals surface area contributed by atoms with Crippen LogP contribution in [0.2, 0.25) is 0 Å². The highest BCUT2D eigenvalue weighted by molar-refractivity contribution is 8.00. The van der Waals surface area contributed by atoms with Crippen LogP contribution >= 0.6 is 11.8 Å². The summed E-state index contributed by atoms with van der Waals surface area (Å²) in [4.78, 5) is 11.2. The number of carboxylic acids is 1. The van der Waals surface area contributed by atoms with Crippen LogP contribution in [0.3, 0.4) is 0 Å². The van der Waals surface area contributed by atoms with E-state index in [0.717, 1.165) is 18.6 Å². The second-order valence-corrected chi connectivity index (χ2v) is 6.28. The Kier molecular flexibility index (Phi) is 3.41. The molecule has 102 valence electrons. The van der Waals surface area contributed by atoms with E-state index in [9.17, 15) is 9.90 Å². The van der Waals surface area contributed by atoms with Crippen molar-refractivity contribution in [2.45, 2.75) is 30.2 Å². The number of aliphatic carboxylic acids is 1. The Bertz CT molecular complexity index is 505. The van der Waals surface area contributed by atoms with Crippen LogP contribution in [0.15, 0.2) is 18.2 Å². The van der Waals surface area contributed by atoms with E-state index in [2.05, 4.69) is 11.4 Å². The maximum atomic E-state index is 11.2. The molecule has 3 rings (SSSR count). The average Bonchev–Trinajstić information content (AvgIpc) is 2.45. The molecule has 3 atom stereocenters. The normalized spacial score (nSPS) is 29.2. The lowest BCUT2D eigenvalue weighted by molar-refractivity contribution is -0.139. The first kappa shape index (κ1) is 12.8. The van der Waals surface area contributed by atoms with Crippen LogP contribution < -0.4 is 10.1 Å². The summed E-state index contributed by atoms with van der Waals surface area (Å²) < 4.78 is 5.28. The van der Waals surface area contributed by atoms with E-state index >= 15 is 0 Å². The molecule has 0 amide bonds. The molecule has 19 heavy (non-hydrogen) atoms. The third-order valence-electron chi connectivity index (χ3n) is 3.91. The highest BCUT2D eigenvalue weighted by atomic mass is 32.2. The van der Waals surface area contributed by atoms with Gasteiger partial charge in [-0.1, -0.05) is 6.07 Å². The molecule has 2 N–H and O–H groups in total. The van der Waals surface area contributed by atoms with Gasteiger partial charge < -0.3 is 9.84 Å². The van der Waals surface area contributed by atoms with Gasteiger partial charge in [0.2, 0.25) is 0 Å². The Morgan fingerprint density at radius 1 is 1.53 bits per heavy atom. The van der Waals surface area contributed by atoms with Crippen molar-refractivity contribution >= 4 is 17.7 Å². The summed E-state index contributed by atoms with van der Waals surface area (Å²) in [6, 6.07) is 5.79. The molecule has 1 saturated heterocycles. The number of carboxylic acid groups (broad SMARTS) is 1. The van der Waals surface area contributed by atoms with Crippen LogP contribution in [0.25, 0.3) is 0 Å². The van der Waals surface area contributed by atoms with Gasteiger partial charge in [0.05, 0.1) is 7.11 Å². The van der Waals surface area contributed by atoms with Crippen LogP contribution in [0.1, 0.15) is 23.6 Å². The van der Waals surface area contributed by atoms with Gasteiger partial charge in [0.15, 0.2) is 0 Å². The molecule has 1 aromatic rings. The van der Waals surface area contributed by atoms with Gasteiger partial charge in [-0.2, -0.15) is 11.8 Å². The molecular weight excluding hydrogens is 262 g/mol. The number of fused-ring (bicyclic) bond motifs is 3. The van der Waals surface area contributed by atoms with Gasteiger partial charge in [-0.05, 0) is 36.1 Å². The summed E-state index contributed by atoms with van der Waals surface area (Å²) in [6.07, 6.45) is 2.17. The van der Waals surface area contributed by atoms with E-state index in [4.69, 9.17) is 4.74 Å². The molecule has 1 aromatic carbocycles. The van der Waals surface area contributed by atoms with Gasteiger partial charge in [-0.25, -0.2) is 0 Å². The smallest absolute Gasteiger partial charge is 0.321 e. The van der Waals surface area contributed by atoms with Gasteiger partial charge in [0.1, 0.15) is 11.8 Å². The van der Waals surface area contributed by atoms with Crippen LogP contribution in [-0.2, 0) is 11.2 Å². The van der Waals surface area contributed by atoms with Gasteiger partial charge in [0.25, 0.3) is 0 Å². The van der Waals surface area contributed by atoms with Crippen LogP contribution in [0, 0.1) is 0 Å². The number of hydrogen-bond acceptors (Lipinski definition) is 4. The molecule has 1 aliphatic heterocycles. The van der Waals surface area contributed by atoms with E-state index in [1.54, 1.807) is 18.9 Å². The predicted octanol–water partition coefficient (Wildman–Crippen LogP) is 1.84. The number of rotatable bonds is 2. The Morgan fingerprint density at radius 2 is 2.37 bits per heavy atom. The SMILES string of the molecule is COc1ccc2c(c1)C1NC(C(=O)O)CSC1CC2. The molecule has 1 fully saturated rings. The zero-order chi connectivity index (χ0) is 13.4. The number of methoxy groups -OCH3 is 1. The summed E-state index contributed by atoms with van der Waals surface area (Å²) >= 11 is 1.78. The number of ether oxygens (including phenoxy) is 1. The Morgan fingerprint density at radius 3 is 3.11 bits per heavy atom. The van der Waals surface area contributed by atoms with E-state index in [1.165, 1.54) is 11.1 Å². The Hall–Kier alpha value is -1.20. The zero-order valence-corrected chi connectivity index (χ0v) is 11.6. The molecule has 0 aromatic heterocycles. The average molecular weight is 279 g/mol. The molecule has 0 bridgehead atoms. The molecule has 5 heteroatoms. The molecule has 0 spiro atoms. The minimum atomic E-state index is -0.763. The van der Waals surface area contributed by atoms with E-state index < -0.39 is 12.0 Å². The first-order valence-corrected chi connectivity index (χ1v) is 7.51. The summed E-state index contributed by atoms with van der Waals surface area (Å²) in [5.74, 6) is 0.722. The zero-order valence-electron chi connectivity index (χ0n) is 10.8. The van der Waals surface area contributed by atoms with Crippen molar-refractivity contribution in [1.29, 1.82) is 0 Å². The van der Waals surface area contributed by atoms with Crippen molar-refractivity contribution in [2.24, 2.45) is 0 Å². The molecule has 3 unspecified atom stereocenters. The molecule has 0 radical (unpaired) electrons. The van der Waals surface area contributed by atoms with Crippen LogP contribution in [-0.4, -0.2) is 35.2 Å². The molecular formula is C14H17NO3S. The monoisotopic (exact) mass is 279 g/mol. The number of aryl methyl sites for hydroxylation is 1. The van der Waals surface area contributed by atoms with E-state index in [-0.39, 0.29) is 6.04 Å². The van der Waals surface area contributed by atoms with Gasteiger partial charge >= 0.3 is 5.97 Å². The topological polar surface area (TPSA) is 58.6 Å². The third kappa shape index (κ3) is 2.32. The van der Waals surface area contributed by atoms with Gasteiger partial charge in [-0.3, -0.25) is 10.1 Å². The summed E-state index contributed by atoms with van der Waals surface area (Å²) in [7, 11) is 1.66. The van der Waals surface area contributed by atoms with Crippen molar-refractivity contribution in [3.05, 3.63) is 29.3 Å². The lowest BCUT2D eigenvalue weighted by atomic mass is 9.86. The largest absolute Gasteiger partial charge is 0.497 e. The van der Waals surface area contributed by atoms with E-state index in [1.807, 2.05) is 12.1 Å². The van der Waals surface area contributed by atoms with Crippen molar-refractivity contribution in [3.8, 4) is 5.75 Å². The summed E-state index contributed by atoms with van der Waals surface area (Å²) in [5.41, 5.74) is 2.51. The molecule has 1 heterocycles. The van der Waals surface area contributed by atoms with E-state index in [0.29, 0.717) is 11.0 Å². The highest BCUT2D eigenvalue weighted by Crippen LogP contribution is 2.41. The Balaban J connectivity index is 1.93. The van der Waals surface area contributed by atoms with Gasteiger partial charge in [-0.15, -0.1) is 0 Å². The Labute approximate surface area is 116 Å². The number of nitrogens with one attached hydrogen (secondary N) is 1. The first-order chi connectivity index (χ1) is 9.19. The van der Waals surface area contributed by atoms with Crippen molar-refractivity contribution in [1.82, 2.24) is 5.32 Å². The minimum Gasteiger partial charge on any atom is -0.497 e. The molecule has 2 aliphatic rings. The summed E-state index contributed by atoms with van der Waals surface area (Å²) in [6.45, 7) is 0. The number of thioether (sulfide) groups is 1. The minimum absolute atomic E-state index is 0.124. The molecule has 1 aliphatic carbocycles. The number of benzene rings is 1. The highest BCUT2D eigenvalue weighted by Gasteiger charge is 2.37. The number of hydrogen-bond donors (Lipinski definition) is 2. The van der Waals surface area contributed by atoms with Crippen LogP contribution in [0.4, 0.5) is 0 Å². The lowest BCUT2D eigenvalue weighted by Gasteiger charge is -2.40. The third-order valence-corrected chi connectivity index (χ3v) is 5.38. The van der Waals surface area contributed by atoms with Crippen molar-refractivity contribution < 1.29 is 14.6 Å². The fourth-order valence-electron chi connectivity index (χ4n) is 2.89. The fourth-order valence-corrected chi connectivity index (χ4v) is 4.27. The quantitative estimate of drug-likeness (QED) is 0.865. The lowest BCUT2D eigenvalue weighted by Crippen LogP contribution is -2.50. The second kappa shape index (κ2) is 5.06. The number of carbonyl (C=O) groups is 1. The maximum absolute atomic E-state index is 11.2. The maximum Gasteiger partial charge on any atom is 0.321 e. The van der Waals surface area contributed by atoms with Crippen molar-refractivity contribution in [2.75, 3.05) is 12.9 Å². The molecule has 4 nitrogen and oxygen atoms in total.